The molecule has 0 atom stereocenters. The molecule has 0 saturated heterocycles. The highest BCUT2D eigenvalue weighted by Gasteiger charge is 2.08. The van der Waals surface area contributed by atoms with Crippen LogP contribution in [-0.4, -0.2) is 18.0 Å². The topological polar surface area (TPSA) is 79.8 Å². The highest BCUT2D eigenvalue weighted by atomic mass is 16.5. The molecule has 3 rings (SSSR count). The molecule has 2 N–H and O–H groups in total. The Morgan fingerprint density at radius 1 is 0.969 bits per heavy atom. The number of benzene rings is 3. The lowest BCUT2D eigenvalue weighted by atomic mass is 10.2. The molecular formula is C26H27N3O3. The van der Waals surface area contributed by atoms with Gasteiger partial charge in [0.25, 0.3) is 5.91 Å². The minimum Gasteiger partial charge on any atom is -0.488 e. The van der Waals surface area contributed by atoms with Crippen molar-refractivity contribution in [3.8, 4) is 5.75 Å². The summed E-state index contributed by atoms with van der Waals surface area (Å²) in [6, 6.07) is 24.1. The molecule has 0 fully saturated rings. The number of unbranched alkanes of at least 4 members (excludes halogenated alkanes) is 1. The average Bonchev–Trinajstić information content (AvgIpc) is 2.83. The lowest BCUT2D eigenvalue weighted by Gasteiger charge is -2.09. The molecule has 0 bridgehead atoms. The van der Waals surface area contributed by atoms with Crippen molar-refractivity contribution < 1.29 is 14.3 Å². The van der Waals surface area contributed by atoms with Gasteiger partial charge in [0.15, 0.2) is 0 Å². The Hall–Kier alpha value is -3.93. The number of hydrogen-bond acceptors (Lipinski definition) is 4. The standard InChI is InChI=1S/C26H27N3O3/c1-2-3-16-25(30)28-23-14-9-13-21(17-23)26(31)29-27-18-22-12-7-8-15-24(22)32-19-20-10-5-4-6-11-20/h4-15,17-18H,2-3,16,19H2,1H3,(H,28,30)(H,29,31). The normalized spacial score (nSPS) is 10.7. The van der Waals surface area contributed by atoms with E-state index in [9.17, 15) is 9.59 Å². The molecule has 0 saturated carbocycles. The van der Waals surface area contributed by atoms with Crippen LogP contribution in [0.25, 0.3) is 0 Å². The van der Waals surface area contributed by atoms with E-state index in [1.807, 2.05) is 61.5 Å². The summed E-state index contributed by atoms with van der Waals surface area (Å²) in [5.41, 5.74) is 5.33. The Kier molecular flexibility index (Phi) is 8.57. The molecule has 0 spiro atoms. The van der Waals surface area contributed by atoms with Crippen LogP contribution in [0.1, 0.15) is 47.7 Å². The van der Waals surface area contributed by atoms with Crippen molar-refractivity contribution in [3.63, 3.8) is 0 Å². The summed E-state index contributed by atoms with van der Waals surface area (Å²) in [6.45, 7) is 2.47. The van der Waals surface area contributed by atoms with E-state index in [1.165, 1.54) is 0 Å². The Morgan fingerprint density at radius 3 is 2.56 bits per heavy atom. The Morgan fingerprint density at radius 2 is 1.75 bits per heavy atom. The van der Waals surface area contributed by atoms with E-state index in [2.05, 4.69) is 15.8 Å². The number of carbonyl (C=O) groups is 2. The molecule has 0 aliphatic heterocycles. The van der Waals surface area contributed by atoms with Crippen LogP contribution >= 0.6 is 0 Å². The van der Waals surface area contributed by atoms with Crippen molar-refractivity contribution in [3.05, 3.63) is 95.6 Å². The summed E-state index contributed by atoms with van der Waals surface area (Å²) in [6.07, 6.45) is 3.79. The van der Waals surface area contributed by atoms with Crippen molar-refractivity contribution in [2.75, 3.05) is 5.32 Å². The van der Waals surface area contributed by atoms with E-state index in [-0.39, 0.29) is 11.8 Å². The molecule has 32 heavy (non-hydrogen) atoms. The van der Waals surface area contributed by atoms with Crippen molar-refractivity contribution in [2.45, 2.75) is 32.8 Å². The molecule has 0 unspecified atom stereocenters. The zero-order valence-electron chi connectivity index (χ0n) is 18.1. The number of para-hydroxylation sites is 1. The van der Waals surface area contributed by atoms with Crippen LogP contribution in [0.5, 0.6) is 5.75 Å². The van der Waals surface area contributed by atoms with Crippen LogP contribution < -0.4 is 15.5 Å². The molecule has 6 nitrogen and oxygen atoms in total. The van der Waals surface area contributed by atoms with Crippen LogP contribution in [0, 0.1) is 0 Å². The molecule has 0 radical (unpaired) electrons. The van der Waals surface area contributed by atoms with Gasteiger partial charge in [0.05, 0.1) is 6.21 Å². The smallest absolute Gasteiger partial charge is 0.271 e. The van der Waals surface area contributed by atoms with Crippen LogP contribution in [-0.2, 0) is 11.4 Å². The van der Waals surface area contributed by atoms with Gasteiger partial charge in [0.2, 0.25) is 5.91 Å². The number of hydrogen-bond donors (Lipinski definition) is 2. The predicted molar refractivity (Wildman–Crippen MR) is 127 cm³/mol. The lowest BCUT2D eigenvalue weighted by molar-refractivity contribution is -0.116. The van der Waals surface area contributed by atoms with Crippen molar-refractivity contribution in [1.29, 1.82) is 0 Å². The van der Waals surface area contributed by atoms with E-state index in [0.717, 1.165) is 24.0 Å². The zero-order valence-corrected chi connectivity index (χ0v) is 18.1. The lowest BCUT2D eigenvalue weighted by Crippen LogP contribution is -2.18. The molecule has 0 aromatic heterocycles. The number of carbonyl (C=O) groups excluding carboxylic acids is 2. The number of nitrogens with one attached hydrogen (secondary N) is 2. The fraction of sp³-hybridized carbons (Fsp3) is 0.192. The summed E-state index contributed by atoms with van der Waals surface area (Å²) in [5.74, 6) is 0.245. The average molecular weight is 430 g/mol. The van der Waals surface area contributed by atoms with Gasteiger partial charge < -0.3 is 10.1 Å². The highest BCUT2D eigenvalue weighted by Crippen LogP contribution is 2.18. The van der Waals surface area contributed by atoms with Crippen LogP contribution in [0.15, 0.2) is 84.0 Å². The summed E-state index contributed by atoms with van der Waals surface area (Å²) >= 11 is 0. The van der Waals surface area contributed by atoms with Gasteiger partial charge in [-0.15, -0.1) is 0 Å². The first-order valence-electron chi connectivity index (χ1n) is 10.6. The highest BCUT2D eigenvalue weighted by molar-refractivity contribution is 5.97. The number of hydrazone groups is 1. The number of ether oxygens (including phenoxy) is 1. The minimum absolute atomic E-state index is 0.0606. The number of anilines is 1. The second-order valence-corrected chi connectivity index (χ2v) is 7.24. The van der Waals surface area contributed by atoms with Gasteiger partial charge >= 0.3 is 0 Å². The van der Waals surface area contributed by atoms with Gasteiger partial charge in [-0.1, -0.05) is 61.9 Å². The van der Waals surface area contributed by atoms with E-state index in [0.29, 0.717) is 30.0 Å². The van der Waals surface area contributed by atoms with Gasteiger partial charge in [0, 0.05) is 23.2 Å². The van der Waals surface area contributed by atoms with Crippen molar-refractivity contribution >= 4 is 23.7 Å². The fourth-order valence-corrected chi connectivity index (χ4v) is 2.98. The quantitative estimate of drug-likeness (QED) is 0.345. The molecule has 3 aromatic rings. The first-order chi connectivity index (χ1) is 15.7. The first kappa shape index (κ1) is 22.7. The molecule has 3 aromatic carbocycles. The van der Waals surface area contributed by atoms with Gasteiger partial charge in [-0.25, -0.2) is 5.43 Å². The minimum atomic E-state index is -0.367. The van der Waals surface area contributed by atoms with Crippen molar-refractivity contribution in [1.82, 2.24) is 5.43 Å². The van der Waals surface area contributed by atoms with Gasteiger partial charge in [-0.05, 0) is 42.3 Å². The number of amides is 2. The SMILES string of the molecule is CCCCC(=O)Nc1cccc(C(=O)NN=Cc2ccccc2OCc2ccccc2)c1. The second kappa shape index (κ2) is 12.1. The molecular weight excluding hydrogens is 402 g/mol. The van der Waals surface area contributed by atoms with Crippen LogP contribution in [0.4, 0.5) is 5.69 Å². The Bertz CT molecular complexity index is 1060. The maximum absolute atomic E-state index is 12.5. The van der Waals surface area contributed by atoms with Crippen LogP contribution in [0.3, 0.4) is 0 Å². The second-order valence-electron chi connectivity index (χ2n) is 7.24. The predicted octanol–water partition coefficient (Wildman–Crippen LogP) is 5.16. The Labute approximate surface area is 188 Å². The third-order valence-corrected chi connectivity index (χ3v) is 4.69. The zero-order chi connectivity index (χ0) is 22.6. The molecule has 6 heteroatoms. The largest absolute Gasteiger partial charge is 0.488 e. The Balaban J connectivity index is 1.58. The maximum Gasteiger partial charge on any atom is 0.271 e. The first-order valence-corrected chi connectivity index (χ1v) is 10.6. The monoisotopic (exact) mass is 429 g/mol. The van der Waals surface area contributed by atoms with E-state index < -0.39 is 0 Å². The third kappa shape index (κ3) is 7.09. The number of rotatable bonds is 10. The maximum atomic E-state index is 12.5. The van der Waals surface area contributed by atoms with Crippen molar-refractivity contribution in [2.24, 2.45) is 5.10 Å². The summed E-state index contributed by atoms with van der Waals surface area (Å²) in [5, 5.41) is 6.89. The van der Waals surface area contributed by atoms with E-state index in [1.54, 1.807) is 30.5 Å². The third-order valence-electron chi connectivity index (χ3n) is 4.69. The van der Waals surface area contributed by atoms with Gasteiger partial charge in [0.1, 0.15) is 12.4 Å². The van der Waals surface area contributed by atoms with E-state index in [4.69, 9.17) is 4.74 Å². The summed E-state index contributed by atoms with van der Waals surface area (Å²) in [4.78, 5) is 24.4. The molecule has 0 aliphatic rings. The summed E-state index contributed by atoms with van der Waals surface area (Å²) < 4.78 is 5.90. The van der Waals surface area contributed by atoms with Gasteiger partial charge in [-0.2, -0.15) is 5.10 Å². The number of nitrogens with zero attached hydrogens (tertiary/aromatic N) is 1. The fourth-order valence-electron chi connectivity index (χ4n) is 2.98. The summed E-state index contributed by atoms with van der Waals surface area (Å²) in [7, 11) is 0. The molecule has 0 heterocycles. The molecule has 164 valence electrons. The van der Waals surface area contributed by atoms with Gasteiger partial charge in [-0.3, -0.25) is 9.59 Å². The van der Waals surface area contributed by atoms with Crippen LogP contribution in [0.2, 0.25) is 0 Å². The van der Waals surface area contributed by atoms with E-state index >= 15 is 0 Å². The molecule has 0 aliphatic carbocycles. The molecule has 2 amide bonds.